The largest absolute Gasteiger partial charge is 0.496 e. The highest BCUT2D eigenvalue weighted by molar-refractivity contribution is 9.10. The molecule has 0 unspecified atom stereocenters. The Hall–Kier alpha value is -2.15. The van der Waals surface area contributed by atoms with E-state index in [2.05, 4.69) is 21.2 Å². The molecule has 0 atom stereocenters. The number of nitro groups is 1. The zero-order valence-corrected chi connectivity index (χ0v) is 12.7. The summed E-state index contributed by atoms with van der Waals surface area (Å²) in [5.41, 5.74) is 0.852. The third kappa shape index (κ3) is 3.69. The number of benzene rings is 2. The van der Waals surface area contributed by atoms with Crippen LogP contribution in [0.4, 0.5) is 15.8 Å². The Kier molecular flexibility index (Phi) is 4.74. The van der Waals surface area contributed by atoms with E-state index in [1.54, 1.807) is 12.1 Å². The Balaban J connectivity index is 2.22. The maximum Gasteiger partial charge on any atom is 0.270 e. The van der Waals surface area contributed by atoms with Crippen molar-refractivity contribution in [2.45, 2.75) is 6.54 Å². The van der Waals surface area contributed by atoms with Gasteiger partial charge in [0.15, 0.2) is 0 Å². The zero-order chi connectivity index (χ0) is 15.4. The second kappa shape index (κ2) is 6.53. The minimum Gasteiger partial charge on any atom is -0.496 e. The van der Waals surface area contributed by atoms with E-state index in [-0.39, 0.29) is 12.2 Å². The van der Waals surface area contributed by atoms with Gasteiger partial charge in [0.2, 0.25) is 0 Å². The van der Waals surface area contributed by atoms with E-state index in [1.807, 2.05) is 0 Å². The fourth-order valence-corrected chi connectivity index (χ4v) is 2.17. The van der Waals surface area contributed by atoms with Gasteiger partial charge in [-0.1, -0.05) is 15.9 Å². The number of methoxy groups -OCH3 is 1. The Morgan fingerprint density at radius 1 is 1.33 bits per heavy atom. The molecule has 0 fully saturated rings. The smallest absolute Gasteiger partial charge is 0.270 e. The van der Waals surface area contributed by atoms with Crippen LogP contribution in [0.5, 0.6) is 5.75 Å². The van der Waals surface area contributed by atoms with Crippen LogP contribution in [-0.2, 0) is 6.54 Å². The molecule has 0 spiro atoms. The van der Waals surface area contributed by atoms with Crippen molar-refractivity contribution >= 4 is 27.3 Å². The molecule has 0 radical (unpaired) electrons. The minimum atomic E-state index is -0.483. The van der Waals surface area contributed by atoms with Crippen LogP contribution in [0.1, 0.15) is 5.56 Å². The van der Waals surface area contributed by atoms with Crippen LogP contribution in [0.15, 0.2) is 40.9 Å². The van der Waals surface area contributed by atoms with E-state index in [0.29, 0.717) is 21.5 Å². The Morgan fingerprint density at radius 3 is 2.71 bits per heavy atom. The lowest BCUT2D eigenvalue weighted by Gasteiger charge is -2.11. The first-order valence-electron chi connectivity index (χ1n) is 6.01. The van der Waals surface area contributed by atoms with Gasteiger partial charge in [0, 0.05) is 28.7 Å². The lowest BCUT2D eigenvalue weighted by Crippen LogP contribution is -2.04. The number of rotatable bonds is 5. The predicted octanol–water partition coefficient (Wildman–Crippen LogP) is 4.12. The van der Waals surface area contributed by atoms with Gasteiger partial charge in [-0.2, -0.15) is 0 Å². The minimum absolute atomic E-state index is 0.0381. The Bertz CT molecular complexity index is 679. The number of halogens is 2. The van der Waals surface area contributed by atoms with Gasteiger partial charge in [0.1, 0.15) is 11.6 Å². The van der Waals surface area contributed by atoms with Crippen molar-refractivity contribution in [2.75, 3.05) is 12.4 Å². The molecule has 110 valence electrons. The van der Waals surface area contributed by atoms with Crippen LogP contribution in [0.25, 0.3) is 0 Å². The molecule has 2 rings (SSSR count). The zero-order valence-electron chi connectivity index (χ0n) is 11.1. The summed E-state index contributed by atoms with van der Waals surface area (Å²) >= 11 is 3.18. The number of anilines is 1. The maximum atomic E-state index is 13.7. The van der Waals surface area contributed by atoms with Gasteiger partial charge in [-0.05, 0) is 24.3 Å². The van der Waals surface area contributed by atoms with Crippen molar-refractivity contribution in [1.82, 2.24) is 0 Å². The van der Waals surface area contributed by atoms with E-state index in [9.17, 15) is 14.5 Å². The molecule has 0 heterocycles. The van der Waals surface area contributed by atoms with E-state index in [1.165, 1.54) is 31.4 Å². The van der Waals surface area contributed by atoms with Gasteiger partial charge >= 0.3 is 0 Å². The third-order valence-corrected chi connectivity index (χ3v) is 3.37. The molecule has 0 saturated heterocycles. The van der Waals surface area contributed by atoms with Crippen molar-refractivity contribution in [3.8, 4) is 5.75 Å². The van der Waals surface area contributed by atoms with E-state index >= 15 is 0 Å². The predicted molar refractivity (Wildman–Crippen MR) is 81.1 cm³/mol. The second-order valence-electron chi connectivity index (χ2n) is 4.23. The monoisotopic (exact) mass is 354 g/mol. The summed E-state index contributed by atoms with van der Waals surface area (Å²) in [4.78, 5) is 10.3. The quantitative estimate of drug-likeness (QED) is 0.647. The number of hydrogen-bond donors (Lipinski definition) is 1. The number of nitro benzene ring substituents is 1. The molecule has 0 aliphatic carbocycles. The van der Waals surface area contributed by atoms with Gasteiger partial charge < -0.3 is 10.1 Å². The van der Waals surface area contributed by atoms with E-state index in [4.69, 9.17) is 4.74 Å². The van der Waals surface area contributed by atoms with Crippen LogP contribution in [0, 0.1) is 15.9 Å². The van der Waals surface area contributed by atoms with Crippen molar-refractivity contribution in [1.29, 1.82) is 0 Å². The van der Waals surface area contributed by atoms with Crippen molar-refractivity contribution in [3.63, 3.8) is 0 Å². The van der Waals surface area contributed by atoms with Crippen LogP contribution in [-0.4, -0.2) is 12.0 Å². The number of ether oxygens (including phenoxy) is 1. The SMILES string of the molecule is COc1ccc([N+](=O)[O-])cc1CNc1ccc(Br)cc1F. The third-order valence-electron chi connectivity index (χ3n) is 2.88. The average molecular weight is 355 g/mol. The molecule has 7 heteroatoms. The average Bonchev–Trinajstić information content (AvgIpc) is 2.46. The first kappa shape index (κ1) is 15.2. The summed E-state index contributed by atoms with van der Waals surface area (Å²) in [6.45, 7) is 0.212. The maximum absolute atomic E-state index is 13.7. The molecule has 21 heavy (non-hydrogen) atoms. The first-order chi connectivity index (χ1) is 10.0. The van der Waals surface area contributed by atoms with Crippen LogP contribution < -0.4 is 10.1 Å². The van der Waals surface area contributed by atoms with Crippen LogP contribution >= 0.6 is 15.9 Å². The van der Waals surface area contributed by atoms with Gasteiger partial charge in [-0.15, -0.1) is 0 Å². The van der Waals surface area contributed by atoms with Gasteiger partial charge in [-0.25, -0.2) is 4.39 Å². The highest BCUT2D eigenvalue weighted by atomic mass is 79.9. The second-order valence-corrected chi connectivity index (χ2v) is 5.15. The normalized spacial score (nSPS) is 10.2. The highest BCUT2D eigenvalue weighted by Crippen LogP contribution is 2.26. The summed E-state index contributed by atoms with van der Waals surface area (Å²) < 4.78 is 19.5. The topological polar surface area (TPSA) is 64.4 Å². The van der Waals surface area contributed by atoms with Gasteiger partial charge in [0.25, 0.3) is 5.69 Å². The number of nitrogens with zero attached hydrogens (tertiary/aromatic N) is 1. The lowest BCUT2D eigenvalue weighted by atomic mass is 10.1. The molecule has 0 aromatic heterocycles. The summed E-state index contributed by atoms with van der Waals surface area (Å²) in [5.74, 6) is 0.0967. The standard InChI is InChI=1S/C14H12BrFN2O3/c1-21-14-5-3-11(18(19)20)6-9(14)8-17-13-4-2-10(15)7-12(13)16/h2-7,17H,8H2,1H3. The molecule has 1 N–H and O–H groups in total. The lowest BCUT2D eigenvalue weighted by molar-refractivity contribution is -0.384. The van der Waals surface area contributed by atoms with E-state index < -0.39 is 10.7 Å². The number of hydrogen-bond acceptors (Lipinski definition) is 4. The molecule has 0 bridgehead atoms. The molecule has 0 saturated carbocycles. The van der Waals surface area contributed by atoms with Crippen LogP contribution in [0.2, 0.25) is 0 Å². The van der Waals surface area contributed by atoms with Gasteiger partial charge in [0.05, 0.1) is 17.7 Å². The van der Waals surface area contributed by atoms with Crippen molar-refractivity contribution < 1.29 is 14.1 Å². The van der Waals surface area contributed by atoms with Crippen molar-refractivity contribution in [2.24, 2.45) is 0 Å². The number of non-ortho nitro benzene ring substituents is 1. The summed E-state index contributed by atoms with van der Waals surface area (Å²) in [6.07, 6.45) is 0. The molecule has 2 aromatic rings. The highest BCUT2D eigenvalue weighted by Gasteiger charge is 2.12. The molecule has 0 aliphatic rings. The van der Waals surface area contributed by atoms with E-state index in [0.717, 1.165) is 0 Å². The molecule has 0 amide bonds. The fourth-order valence-electron chi connectivity index (χ4n) is 1.84. The molecule has 5 nitrogen and oxygen atoms in total. The fraction of sp³-hybridized carbons (Fsp3) is 0.143. The summed E-state index contributed by atoms with van der Waals surface area (Å²) in [7, 11) is 1.48. The Morgan fingerprint density at radius 2 is 2.10 bits per heavy atom. The summed E-state index contributed by atoms with van der Waals surface area (Å²) in [5, 5.41) is 13.7. The molecular formula is C14H12BrFN2O3. The first-order valence-corrected chi connectivity index (χ1v) is 6.81. The molecular weight excluding hydrogens is 343 g/mol. The summed E-state index contributed by atoms with van der Waals surface area (Å²) in [6, 6.07) is 8.92. The van der Waals surface area contributed by atoms with Gasteiger partial charge in [-0.3, -0.25) is 10.1 Å². The molecule has 2 aromatic carbocycles. The Labute approximate surface area is 129 Å². The van der Waals surface area contributed by atoms with Crippen LogP contribution in [0.3, 0.4) is 0 Å². The molecule has 0 aliphatic heterocycles. The number of nitrogens with one attached hydrogen (secondary N) is 1. The van der Waals surface area contributed by atoms with Crippen molar-refractivity contribution in [3.05, 3.63) is 62.4 Å².